The molecule has 0 atom stereocenters. The standard InChI is InChI=1S/C21H18N2O2S3/c1-2-10-23-20(24)18-16(17-9-6-12-26-17)14-28-19(18)22-21(23)27-13-11-25-15-7-4-3-5-8-15/h2-9,12,14H,1,10-11,13H2. The van der Waals surface area contributed by atoms with Crippen molar-refractivity contribution in [2.24, 2.45) is 0 Å². The Bertz CT molecular complexity index is 1130. The van der Waals surface area contributed by atoms with E-state index in [0.717, 1.165) is 21.0 Å². The summed E-state index contributed by atoms with van der Waals surface area (Å²) < 4.78 is 7.45. The van der Waals surface area contributed by atoms with E-state index in [0.29, 0.717) is 29.4 Å². The first-order chi connectivity index (χ1) is 13.8. The van der Waals surface area contributed by atoms with E-state index in [1.807, 2.05) is 53.2 Å². The number of nitrogens with zero attached hydrogens (tertiary/aromatic N) is 2. The molecule has 0 aliphatic carbocycles. The molecular weight excluding hydrogens is 408 g/mol. The van der Waals surface area contributed by atoms with Gasteiger partial charge in [-0.2, -0.15) is 0 Å². The van der Waals surface area contributed by atoms with Gasteiger partial charge in [-0.15, -0.1) is 29.3 Å². The van der Waals surface area contributed by atoms with Gasteiger partial charge in [-0.1, -0.05) is 42.1 Å². The summed E-state index contributed by atoms with van der Waals surface area (Å²) in [5.74, 6) is 1.54. The predicted molar refractivity (Wildman–Crippen MR) is 120 cm³/mol. The summed E-state index contributed by atoms with van der Waals surface area (Å²) >= 11 is 4.68. The average Bonchev–Trinajstić information content (AvgIpc) is 3.38. The lowest BCUT2D eigenvalue weighted by Crippen LogP contribution is -2.22. The molecule has 0 saturated heterocycles. The lowest BCUT2D eigenvalue weighted by molar-refractivity contribution is 0.344. The number of hydrogen-bond acceptors (Lipinski definition) is 6. The van der Waals surface area contributed by atoms with Crippen LogP contribution in [-0.4, -0.2) is 21.9 Å². The van der Waals surface area contributed by atoms with Crippen LogP contribution in [0.5, 0.6) is 5.75 Å². The summed E-state index contributed by atoms with van der Waals surface area (Å²) in [6.45, 7) is 4.77. The van der Waals surface area contributed by atoms with Gasteiger partial charge in [0.1, 0.15) is 10.6 Å². The van der Waals surface area contributed by atoms with Crippen molar-refractivity contribution in [2.45, 2.75) is 11.7 Å². The summed E-state index contributed by atoms with van der Waals surface area (Å²) in [4.78, 5) is 19.9. The second-order valence-corrected chi connectivity index (χ2v) is 8.78. The molecule has 0 aliphatic heterocycles. The second kappa shape index (κ2) is 8.77. The van der Waals surface area contributed by atoms with E-state index in [2.05, 4.69) is 6.58 Å². The van der Waals surface area contributed by atoms with Crippen LogP contribution in [0.25, 0.3) is 20.7 Å². The van der Waals surface area contributed by atoms with Gasteiger partial charge >= 0.3 is 0 Å². The Labute approximate surface area is 175 Å². The molecule has 0 bridgehead atoms. The molecule has 0 spiro atoms. The molecule has 0 radical (unpaired) electrons. The lowest BCUT2D eigenvalue weighted by atomic mass is 10.2. The van der Waals surface area contributed by atoms with Gasteiger partial charge in [0.15, 0.2) is 5.16 Å². The minimum absolute atomic E-state index is 0.0129. The van der Waals surface area contributed by atoms with Gasteiger partial charge in [0.05, 0.1) is 12.0 Å². The third-order valence-electron chi connectivity index (χ3n) is 4.08. The largest absolute Gasteiger partial charge is 0.493 e. The number of para-hydroxylation sites is 1. The van der Waals surface area contributed by atoms with Gasteiger partial charge in [0, 0.05) is 28.1 Å². The van der Waals surface area contributed by atoms with Gasteiger partial charge in [0.25, 0.3) is 5.56 Å². The molecule has 1 aromatic carbocycles. The molecule has 142 valence electrons. The SMILES string of the molecule is C=CCn1c(SCCOc2ccccc2)nc2scc(-c3cccs3)c2c1=O. The van der Waals surface area contributed by atoms with Crippen LogP contribution in [-0.2, 0) is 6.54 Å². The maximum atomic E-state index is 13.2. The minimum Gasteiger partial charge on any atom is -0.493 e. The van der Waals surface area contributed by atoms with Crippen molar-refractivity contribution in [1.29, 1.82) is 0 Å². The van der Waals surface area contributed by atoms with Crippen LogP contribution in [0.15, 0.2) is 75.8 Å². The highest BCUT2D eigenvalue weighted by Gasteiger charge is 2.17. The van der Waals surface area contributed by atoms with Gasteiger partial charge in [-0.25, -0.2) is 4.98 Å². The van der Waals surface area contributed by atoms with E-state index < -0.39 is 0 Å². The monoisotopic (exact) mass is 426 g/mol. The number of benzene rings is 1. The van der Waals surface area contributed by atoms with Crippen molar-refractivity contribution in [3.8, 4) is 16.2 Å². The molecule has 0 saturated carbocycles. The normalized spacial score (nSPS) is 11.0. The van der Waals surface area contributed by atoms with E-state index in [4.69, 9.17) is 9.72 Å². The van der Waals surface area contributed by atoms with Crippen LogP contribution < -0.4 is 10.3 Å². The van der Waals surface area contributed by atoms with Crippen molar-refractivity contribution >= 4 is 44.7 Å². The van der Waals surface area contributed by atoms with Crippen LogP contribution in [0.3, 0.4) is 0 Å². The zero-order chi connectivity index (χ0) is 19.3. The predicted octanol–water partition coefficient (Wildman–Crippen LogP) is 5.54. The fourth-order valence-corrected chi connectivity index (χ4v) is 5.46. The van der Waals surface area contributed by atoms with Gasteiger partial charge < -0.3 is 4.74 Å². The van der Waals surface area contributed by atoms with Gasteiger partial charge in [0.2, 0.25) is 0 Å². The highest BCUT2D eigenvalue weighted by atomic mass is 32.2. The molecule has 4 rings (SSSR count). The second-order valence-electron chi connectivity index (χ2n) is 5.92. The number of fused-ring (bicyclic) bond motifs is 1. The first-order valence-corrected chi connectivity index (χ1v) is 11.5. The third kappa shape index (κ3) is 3.92. The summed E-state index contributed by atoms with van der Waals surface area (Å²) in [6.07, 6.45) is 1.73. The Morgan fingerprint density at radius 3 is 2.79 bits per heavy atom. The number of hydrogen-bond donors (Lipinski definition) is 0. The maximum Gasteiger partial charge on any atom is 0.263 e. The fraction of sp³-hybridized carbons (Fsp3) is 0.143. The summed E-state index contributed by atoms with van der Waals surface area (Å²) in [5, 5.41) is 5.44. The Kier molecular flexibility index (Phi) is 5.95. The summed E-state index contributed by atoms with van der Waals surface area (Å²) in [7, 11) is 0. The smallest absolute Gasteiger partial charge is 0.263 e. The first-order valence-electron chi connectivity index (χ1n) is 8.75. The zero-order valence-electron chi connectivity index (χ0n) is 15.0. The third-order valence-corrected chi connectivity index (χ3v) is 6.80. The number of ether oxygens (including phenoxy) is 1. The fourth-order valence-electron chi connectivity index (χ4n) is 2.83. The number of thioether (sulfide) groups is 1. The van der Waals surface area contributed by atoms with Gasteiger partial charge in [-0.05, 0) is 23.6 Å². The van der Waals surface area contributed by atoms with Crippen molar-refractivity contribution in [1.82, 2.24) is 9.55 Å². The van der Waals surface area contributed by atoms with Crippen molar-refractivity contribution in [3.05, 3.63) is 76.2 Å². The highest BCUT2D eigenvalue weighted by Crippen LogP contribution is 2.34. The molecule has 4 aromatic rings. The lowest BCUT2D eigenvalue weighted by Gasteiger charge is -2.11. The number of aromatic nitrogens is 2. The van der Waals surface area contributed by atoms with E-state index in [1.54, 1.807) is 22.0 Å². The first kappa shape index (κ1) is 19.0. The van der Waals surface area contributed by atoms with E-state index >= 15 is 0 Å². The van der Waals surface area contributed by atoms with Crippen molar-refractivity contribution < 1.29 is 4.74 Å². The van der Waals surface area contributed by atoms with Crippen molar-refractivity contribution in [2.75, 3.05) is 12.4 Å². The number of thiophene rings is 2. The molecule has 0 fully saturated rings. The molecule has 0 aliphatic rings. The topological polar surface area (TPSA) is 44.1 Å². The molecule has 0 unspecified atom stereocenters. The van der Waals surface area contributed by atoms with E-state index in [9.17, 15) is 4.79 Å². The van der Waals surface area contributed by atoms with Crippen LogP contribution in [0, 0.1) is 0 Å². The molecule has 0 amide bonds. The molecule has 3 aromatic heterocycles. The quantitative estimate of drug-likeness (QED) is 0.160. The molecule has 0 N–H and O–H groups in total. The van der Waals surface area contributed by atoms with Gasteiger partial charge in [-0.3, -0.25) is 9.36 Å². The molecule has 7 heteroatoms. The summed E-state index contributed by atoms with van der Waals surface area (Å²) in [5.41, 5.74) is 0.954. The molecule has 3 heterocycles. The van der Waals surface area contributed by atoms with Crippen LogP contribution >= 0.6 is 34.4 Å². The Morgan fingerprint density at radius 1 is 1.18 bits per heavy atom. The Morgan fingerprint density at radius 2 is 2.04 bits per heavy atom. The molecule has 4 nitrogen and oxygen atoms in total. The molecule has 28 heavy (non-hydrogen) atoms. The van der Waals surface area contributed by atoms with Crippen molar-refractivity contribution in [3.63, 3.8) is 0 Å². The highest BCUT2D eigenvalue weighted by molar-refractivity contribution is 7.99. The summed E-state index contributed by atoms with van der Waals surface area (Å²) in [6, 6.07) is 13.7. The van der Waals surface area contributed by atoms with Crippen LogP contribution in [0.4, 0.5) is 0 Å². The minimum atomic E-state index is -0.0129. The van der Waals surface area contributed by atoms with Crippen LogP contribution in [0.2, 0.25) is 0 Å². The van der Waals surface area contributed by atoms with E-state index in [1.165, 1.54) is 23.1 Å². The van der Waals surface area contributed by atoms with E-state index in [-0.39, 0.29) is 5.56 Å². The molecular formula is C21H18N2O2S3. The van der Waals surface area contributed by atoms with Crippen LogP contribution in [0.1, 0.15) is 0 Å². The Hall–Kier alpha value is -2.35. The maximum absolute atomic E-state index is 13.2. The number of rotatable bonds is 8. The zero-order valence-corrected chi connectivity index (χ0v) is 17.5. The average molecular weight is 427 g/mol. The Balaban J connectivity index is 1.60. The number of allylic oxidation sites excluding steroid dienone is 1.